The molecule has 1 heterocycles. The van der Waals surface area contributed by atoms with Crippen molar-refractivity contribution >= 4 is 39.7 Å². The van der Waals surface area contributed by atoms with Crippen LogP contribution in [0.4, 0.5) is 34.1 Å². The zero-order valence-corrected chi connectivity index (χ0v) is 48.6. The van der Waals surface area contributed by atoms with E-state index in [0.29, 0.717) is 0 Å². The topological polar surface area (TPSA) is 15.7 Å². The van der Waals surface area contributed by atoms with Crippen molar-refractivity contribution in [3.05, 3.63) is 330 Å². The molecule has 3 heteroatoms. The second-order valence-electron chi connectivity index (χ2n) is 24.1. The Morgan fingerprint density at radius 2 is 0.929 bits per heavy atom. The largest absolute Gasteiger partial charge is 0.457 e. The average Bonchev–Trinajstić information content (AvgIpc) is 1.52. The molecule has 0 N–H and O–H groups in total. The van der Waals surface area contributed by atoms with Crippen LogP contribution in [-0.4, -0.2) is 0 Å². The first-order chi connectivity index (χ1) is 40.9. The summed E-state index contributed by atoms with van der Waals surface area (Å²) >= 11 is 0. The molecule has 406 valence electrons. The van der Waals surface area contributed by atoms with E-state index in [1.165, 1.54) is 72.3 Å². The summed E-state index contributed by atoms with van der Waals surface area (Å²) in [6.07, 6.45) is 8.29. The number of para-hydroxylation sites is 1. The number of anilines is 6. The van der Waals surface area contributed by atoms with E-state index in [9.17, 15) is 0 Å². The van der Waals surface area contributed by atoms with E-state index in [1.807, 2.05) is 13.0 Å². The van der Waals surface area contributed by atoms with E-state index < -0.39 is 5.41 Å². The number of hydrogen-bond acceptors (Lipinski definition) is 3. The van der Waals surface area contributed by atoms with Crippen LogP contribution in [0.5, 0.6) is 11.5 Å². The highest BCUT2D eigenvalue weighted by atomic mass is 16.5. The SMILES string of the molecule is C=C(/C=C\C=C/C)c1ccc(N(c2ccc(-c3ccccc3)cc2)c2cccc3c2-c2ccccc2C32c3ccccc3Oc3cc(N(c4ccc(-c5ccccc5)cc4)c4ccc5c(c4)C(C)(C)c4ccccc4-5)ccc32)cc1C(C)(C)C. The molecule has 0 amide bonds. The number of fused-ring (bicyclic) bond motifs is 12. The monoisotopic (exact) mass is 1080 g/mol. The maximum atomic E-state index is 7.30. The highest BCUT2D eigenvalue weighted by Gasteiger charge is 2.52. The van der Waals surface area contributed by atoms with Gasteiger partial charge in [-0.15, -0.1) is 0 Å². The van der Waals surface area contributed by atoms with Gasteiger partial charge in [0.1, 0.15) is 11.5 Å². The maximum absolute atomic E-state index is 7.30. The Morgan fingerprint density at radius 1 is 0.417 bits per heavy atom. The van der Waals surface area contributed by atoms with Crippen molar-refractivity contribution in [2.24, 2.45) is 0 Å². The number of hydrogen-bond donors (Lipinski definition) is 0. The zero-order valence-electron chi connectivity index (χ0n) is 48.6. The summed E-state index contributed by atoms with van der Waals surface area (Å²) in [6.45, 7) is 18.3. The van der Waals surface area contributed by atoms with Gasteiger partial charge < -0.3 is 14.5 Å². The van der Waals surface area contributed by atoms with Crippen LogP contribution >= 0.6 is 0 Å². The fourth-order valence-electron chi connectivity index (χ4n) is 13.8. The molecular weight excluding hydrogens is 1020 g/mol. The fraction of sp³-hybridized carbons (Fsp3) is 0.111. The fourth-order valence-corrected chi connectivity index (χ4v) is 13.8. The van der Waals surface area contributed by atoms with Gasteiger partial charge in [-0.25, -0.2) is 0 Å². The van der Waals surface area contributed by atoms with Gasteiger partial charge in [-0.1, -0.05) is 247 Å². The summed E-state index contributed by atoms with van der Waals surface area (Å²) in [6, 6.07) is 93.9. The smallest absolute Gasteiger partial charge is 0.134 e. The lowest BCUT2D eigenvalue weighted by atomic mass is 9.66. The van der Waals surface area contributed by atoms with Crippen LogP contribution in [0.15, 0.2) is 286 Å². The Kier molecular flexibility index (Phi) is 12.7. The lowest BCUT2D eigenvalue weighted by Crippen LogP contribution is -2.32. The summed E-state index contributed by atoms with van der Waals surface area (Å²) in [5.74, 6) is 1.66. The Labute approximate surface area is 495 Å². The molecule has 1 spiro atoms. The first kappa shape index (κ1) is 52.1. The van der Waals surface area contributed by atoms with Crippen molar-refractivity contribution in [3.63, 3.8) is 0 Å². The lowest BCUT2D eigenvalue weighted by Gasteiger charge is -2.40. The molecule has 3 aliphatic rings. The van der Waals surface area contributed by atoms with Crippen molar-refractivity contribution in [3.8, 4) is 56.0 Å². The molecule has 1 unspecified atom stereocenters. The third-order valence-corrected chi connectivity index (χ3v) is 17.7. The highest BCUT2D eigenvalue weighted by Crippen LogP contribution is 2.65. The van der Waals surface area contributed by atoms with Crippen LogP contribution < -0.4 is 14.5 Å². The second-order valence-corrected chi connectivity index (χ2v) is 24.1. The van der Waals surface area contributed by atoms with Crippen LogP contribution in [0.1, 0.15) is 86.1 Å². The second kappa shape index (κ2) is 20.5. The van der Waals surface area contributed by atoms with Gasteiger partial charge in [-0.2, -0.15) is 0 Å². The van der Waals surface area contributed by atoms with Gasteiger partial charge in [0.25, 0.3) is 0 Å². The lowest BCUT2D eigenvalue weighted by molar-refractivity contribution is 0.436. The zero-order chi connectivity index (χ0) is 57.3. The molecule has 14 rings (SSSR count). The highest BCUT2D eigenvalue weighted by molar-refractivity contribution is 5.99. The summed E-state index contributed by atoms with van der Waals surface area (Å²) in [5, 5.41) is 0. The molecule has 3 nitrogen and oxygen atoms in total. The molecule has 11 aromatic carbocycles. The van der Waals surface area contributed by atoms with Gasteiger partial charge in [0, 0.05) is 56.6 Å². The molecule has 0 bridgehead atoms. The standard InChI is InChI=1S/C81H66N2O/c1-8-9-12-24-54(2)64-48-45-62(51-73(64)79(3,4)5)83(60-43-39-58(40-44-60)56-27-15-11-16-28-56)75-35-23-34-72-78(75)67-30-18-20-32-69(67)81(72)70-33-21-22-36-76(70)84-77-53-63(47-50-71(77)81)82(59-41-37-57(38-42-59)55-25-13-10-14-26-55)61-46-49-66-65-29-17-19-31-68(65)80(6,7)74(66)52-61/h8-53H,2H2,1,3-7H3/b9-8-,24-12-. The average molecular weight is 1080 g/mol. The quantitative estimate of drug-likeness (QED) is 0.120. The number of rotatable bonds is 11. The van der Waals surface area contributed by atoms with Crippen LogP contribution in [0, 0.1) is 0 Å². The van der Waals surface area contributed by atoms with Gasteiger partial charge in [-0.3, -0.25) is 0 Å². The predicted octanol–water partition coefficient (Wildman–Crippen LogP) is 22.2. The number of benzene rings is 11. The molecule has 84 heavy (non-hydrogen) atoms. The van der Waals surface area contributed by atoms with Crippen molar-refractivity contribution in [2.75, 3.05) is 9.80 Å². The molecule has 1 atom stereocenters. The normalized spacial score (nSPS) is 15.0. The van der Waals surface area contributed by atoms with E-state index in [0.717, 1.165) is 67.9 Å². The maximum Gasteiger partial charge on any atom is 0.134 e. The van der Waals surface area contributed by atoms with Crippen molar-refractivity contribution in [1.29, 1.82) is 0 Å². The van der Waals surface area contributed by atoms with Gasteiger partial charge in [0.2, 0.25) is 0 Å². The van der Waals surface area contributed by atoms with Crippen molar-refractivity contribution in [2.45, 2.75) is 57.8 Å². The summed E-state index contributed by atoms with van der Waals surface area (Å²) in [4.78, 5) is 4.89. The van der Waals surface area contributed by atoms with Gasteiger partial charge >= 0.3 is 0 Å². The van der Waals surface area contributed by atoms with Crippen LogP contribution in [0.25, 0.3) is 50.1 Å². The number of ether oxygens (including phenoxy) is 1. The Hall–Kier alpha value is -9.96. The minimum atomic E-state index is -0.740. The Morgan fingerprint density at radius 3 is 1.61 bits per heavy atom. The van der Waals surface area contributed by atoms with E-state index in [-0.39, 0.29) is 10.8 Å². The van der Waals surface area contributed by atoms with Gasteiger partial charge in [0.05, 0.1) is 11.1 Å². The van der Waals surface area contributed by atoms with Crippen molar-refractivity contribution < 1.29 is 4.74 Å². The summed E-state index contributed by atoms with van der Waals surface area (Å²) in [5.41, 5.74) is 25.6. The molecule has 1 aliphatic heterocycles. The van der Waals surface area contributed by atoms with E-state index in [2.05, 4.69) is 324 Å². The minimum absolute atomic E-state index is 0.180. The number of allylic oxidation sites excluding steroid dienone is 5. The Balaban J connectivity index is 0.970. The van der Waals surface area contributed by atoms with E-state index in [4.69, 9.17) is 4.74 Å². The molecule has 0 saturated heterocycles. The predicted molar refractivity (Wildman–Crippen MR) is 353 cm³/mol. The first-order valence-corrected chi connectivity index (χ1v) is 29.4. The third-order valence-electron chi connectivity index (χ3n) is 17.7. The van der Waals surface area contributed by atoms with Crippen LogP contribution in [0.2, 0.25) is 0 Å². The third kappa shape index (κ3) is 8.48. The summed E-state index contributed by atoms with van der Waals surface area (Å²) in [7, 11) is 0. The van der Waals surface area contributed by atoms with E-state index in [1.54, 1.807) is 0 Å². The number of nitrogens with zero attached hydrogens (tertiary/aromatic N) is 2. The van der Waals surface area contributed by atoms with Gasteiger partial charge in [0.15, 0.2) is 0 Å². The molecule has 11 aromatic rings. The molecule has 0 saturated carbocycles. The first-order valence-electron chi connectivity index (χ1n) is 29.4. The van der Waals surface area contributed by atoms with Crippen molar-refractivity contribution in [1.82, 2.24) is 0 Å². The van der Waals surface area contributed by atoms with Crippen LogP contribution in [0.3, 0.4) is 0 Å². The molecule has 2 aliphatic carbocycles. The molecule has 0 radical (unpaired) electrons. The molecular formula is C81H66N2O. The van der Waals surface area contributed by atoms with Crippen LogP contribution in [-0.2, 0) is 16.2 Å². The molecule has 0 aromatic heterocycles. The minimum Gasteiger partial charge on any atom is -0.457 e. The van der Waals surface area contributed by atoms with Gasteiger partial charge in [-0.05, 0) is 157 Å². The molecule has 0 fully saturated rings. The van der Waals surface area contributed by atoms with E-state index >= 15 is 0 Å². The summed E-state index contributed by atoms with van der Waals surface area (Å²) < 4.78 is 7.30. The Bertz CT molecular complexity index is 4420.